The van der Waals surface area contributed by atoms with Gasteiger partial charge in [0.25, 0.3) is 0 Å². The van der Waals surface area contributed by atoms with Crippen LogP contribution >= 0.6 is 0 Å². The number of aromatic nitrogens is 2. The van der Waals surface area contributed by atoms with Crippen LogP contribution < -0.4 is 10.2 Å². The molecule has 1 unspecified atom stereocenters. The van der Waals surface area contributed by atoms with Gasteiger partial charge in [0.1, 0.15) is 0 Å². The highest BCUT2D eigenvalue weighted by atomic mass is 16.1. The molecule has 1 aliphatic heterocycles. The van der Waals surface area contributed by atoms with Crippen LogP contribution in [0.3, 0.4) is 0 Å². The van der Waals surface area contributed by atoms with Gasteiger partial charge in [-0.1, -0.05) is 36.8 Å². The van der Waals surface area contributed by atoms with Crippen molar-refractivity contribution < 1.29 is 4.79 Å². The van der Waals surface area contributed by atoms with Gasteiger partial charge >= 0.3 is 0 Å². The van der Waals surface area contributed by atoms with Crippen LogP contribution in [0, 0.1) is 0 Å². The van der Waals surface area contributed by atoms with Gasteiger partial charge in [-0.3, -0.25) is 9.69 Å². The molecule has 1 aromatic heterocycles. The van der Waals surface area contributed by atoms with Gasteiger partial charge in [0, 0.05) is 44.7 Å². The van der Waals surface area contributed by atoms with E-state index in [0.717, 1.165) is 18.7 Å². The zero-order valence-corrected chi connectivity index (χ0v) is 16.7. The Hall–Kier alpha value is -2.73. The molecule has 6 nitrogen and oxygen atoms in total. The average molecular weight is 380 g/mol. The fourth-order valence-electron chi connectivity index (χ4n) is 3.44. The van der Waals surface area contributed by atoms with Gasteiger partial charge in [-0.25, -0.2) is 9.97 Å². The Kier molecular flexibility index (Phi) is 7.14. The molecule has 6 heteroatoms. The van der Waals surface area contributed by atoms with Crippen molar-refractivity contribution in [2.24, 2.45) is 0 Å². The summed E-state index contributed by atoms with van der Waals surface area (Å²) in [6.45, 7) is 2.77. The number of hydrogen-bond acceptors (Lipinski definition) is 5. The van der Waals surface area contributed by atoms with Gasteiger partial charge in [0.2, 0.25) is 11.9 Å². The smallest absolute Gasteiger partial charge is 0.244 e. The molecule has 1 saturated heterocycles. The summed E-state index contributed by atoms with van der Waals surface area (Å²) >= 11 is 0. The Morgan fingerprint density at radius 2 is 1.82 bits per heavy atom. The van der Waals surface area contributed by atoms with E-state index in [0.29, 0.717) is 12.5 Å². The number of nitrogens with zero attached hydrogens (tertiary/aromatic N) is 4. The minimum Gasteiger partial charge on any atom is -0.351 e. The van der Waals surface area contributed by atoms with E-state index in [-0.39, 0.29) is 11.9 Å². The third-order valence-electron chi connectivity index (χ3n) is 4.97. The van der Waals surface area contributed by atoms with Crippen LogP contribution in [0.1, 0.15) is 36.4 Å². The van der Waals surface area contributed by atoms with Gasteiger partial charge in [-0.05, 0) is 37.6 Å². The maximum absolute atomic E-state index is 12.3. The number of benzene rings is 1. The first-order chi connectivity index (χ1) is 13.6. The minimum absolute atomic E-state index is 0.102. The molecule has 3 rings (SSSR count). The first-order valence-electron chi connectivity index (χ1n) is 9.88. The second-order valence-corrected chi connectivity index (χ2v) is 7.31. The standard InChI is InChI=1S/C22H29N5O/c1-26(2)22-24-15-18(16-25-22)11-12-21(28)23-17-20(19-9-5-3-6-10-19)27-13-7-4-8-14-27/h3,5-6,9-12,15-16,20H,4,7-8,13-14,17H2,1-2H3,(H,23,28)/b12-11+. The molecule has 0 radical (unpaired) electrons. The predicted octanol–water partition coefficient (Wildman–Crippen LogP) is 2.90. The first kappa shape index (κ1) is 20.0. The molecular formula is C22H29N5O. The number of hydrogen-bond donors (Lipinski definition) is 1. The zero-order chi connectivity index (χ0) is 19.8. The second-order valence-electron chi connectivity index (χ2n) is 7.31. The number of carbonyl (C=O) groups is 1. The average Bonchev–Trinajstić information content (AvgIpc) is 2.74. The largest absolute Gasteiger partial charge is 0.351 e. The highest BCUT2D eigenvalue weighted by Gasteiger charge is 2.22. The van der Waals surface area contributed by atoms with Crippen molar-refractivity contribution in [1.82, 2.24) is 20.2 Å². The highest BCUT2D eigenvalue weighted by Crippen LogP contribution is 2.24. The molecular weight excluding hydrogens is 350 g/mol. The van der Waals surface area contributed by atoms with Gasteiger partial charge in [-0.15, -0.1) is 0 Å². The fourth-order valence-corrected chi connectivity index (χ4v) is 3.44. The van der Waals surface area contributed by atoms with Crippen molar-refractivity contribution in [2.45, 2.75) is 25.3 Å². The van der Waals surface area contributed by atoms with Crippen LogP contribution in [0.2, 0.25) is 0 Å². The molecule has 2 heterocycles. The van der Waals surface area contributed by atoms with E-state index in [4.69, 9.17) is 0 Å². The molecule has 1 N–H and O–H groups in total. The van der Waals surface area contributed by atoms with E-state index in [9.17, 15) is 4.79 Å². The Labute approximate surface area is 167 Å². The summed E-state index contributed by atoms with van der Waals surface area (Å²) in [4.78, 5) is 25.2. The van der Waals surface area contributed by atoms with Gasteiger partial charge in [0.05, 0.1) is 6.04 Å². The maximum Gasteiger partial charge on any atom is 0.244 e. The molecule has 0 aliphatic carbocycles. The van der Waals surface area contributed by atoms with Gasteiger partial charge in [0.15, 0.2) is 0 Å². The Bertz CT molecular complexity index is 767. The zero-order valence-electron chi connectivity index (χ0n) is 16.7. The molecule has 1 atom stereocenters. The lowest BCUT2D eigenvalue weighted by Crippen LogP contribution is -2.40. The molecule has 1 fully saturated rings. The van der Waals surface area contributed by atoms with Crippen LogP contribution in [-0.2, 0) is 4.79 Å². The minimum atomic E-state index is -0.102. The SMILES string of the molecule is CN(C)c1ncc(/C=C/C(=O)NCC(c2ccccc2)N2CCCCC2)cn1. The topological polar surface area (TPSA) is 61.4 Å². The normalized spacial score (nSPS) is 16.1. The van der Waals surface area contributed by atoms with Crippen LogP contribution in [0.25, 0.3) is 6.08 Å². The predicted molar refractivity (Wildman–Crippen MR) is 113 cm³/mol. The number of rotatable bonds is 7. The van der Waals surface area contributed by atoms with E-state index in [1.807, 2.05) is 25.1 Å². The monoisotopic (exact) mass is 379 g/mol. The van der Waals surface area contributed by atoms with Crippen LogP contribution in [-0.4, -0.2) is 54.5 Å². The Morgan fingerprint density at radius 3 is 2.46 bits per heavy atom. The summed E-state index contributed by atoms with van der Waals surface area (Å²) in [5, 5.41) is 3.06. The lowest BCUT2D eigenvalue weighted by Gasteiger charge is -2.35. The summed E-state index contributed by atoms with van der Waals surface area (Å²) in [6.07, 6.45) is 10.5. The van der Waals surface area contributed by atoms with Crippen molar-refractivity contribution in [3.05, 3.63) is 59.9 Å². The summed E-state index contributed by atoms with van der Waals surface area (Å²) < 4.78 is 0. The van der Waals surface area contributed by atoms with Crippen molar-refractivity contribution in [2.75, 3.05) is 38.6 Å². The summed E-state index contributed by atoms with van der Waals surface area (Å²) in [6, 6.07) is 10.6. The van der Waals surface area contributed by atoms with Crippen molar-refractivity contribution >= 4 is 17.9 Å². The third-order valence-corrected chi connectivity index (χ3v) is 4.97. The van der Waals surface area contributed by atoms with Crippen molar-refractivity contribution in [3.8, 4) is 0 Å². The van der Waals surface area contributed by atoms with Crippen molar-refractivity contribution in [3.63, 3.8) is 0 Å². The van der Waals surface area contributed by atoms with E-state index >= 15 is 0 Å². The molecule has 0 bridgehead atoms. The lowest BCUT2D eigenvalue weighted by atomic mass is 10.0. The number of amides is 1. The molecule has 1 aliphatic rings. The third kappa shape index (κ3) is 5.63. The second kappa shape index (κ2) is 9.99. The van der Waals surface area contributed by atoms with Gasteiger partial charge < -0.3 is 10.2 Å². The molecule has 2 aromatic rings. The van der Waals surface area contributed by atoms with E-state index in [1.165, 1.54) is 24.8 Å². The fraction of sp³-hybridized carbons (Fsp3) is 0.409. The van der Waals surface area contributed by atoms with Gasteiger partial charge in [-0.2, -0.15) is 0 Å². The lowest BCUT2D eigenvalue weighted by molar-refractivity contribution is -0.116. The summed E-state index contributed by atoms with van der Waals surface area (Å²) in [5.74, 6) is 0.545. The van der Waals surface area contributed by atoms with E-state index < -0.39 is 0 Å². The molecule has 1 amide bonds. The molecule has 0 spiro atoms. The molecule has 148 valence electrons. The first-order valence-corrected chi connectivity index (χ1v) is 9.88. The van der Waals surface area contributed by atoms with Crippen molar-refractivity contribution in [1.29, 1.82) is 0 Å². The molecule has 0 saturated carbocycles. The Morgan fingerprint density at radius 1 is 1.14 bits per heavy atom. The van der Waals surface area contributed by atoms with E-state index in [1.54, 1.807) is 24.5 Å². The summed E-state index contributed by atoms with van der Waals surface area (Å²) in [5.41, 5.74) is 2.05. The highest BCUT2D eigenvalue weighted by molar-refractivity contribution is 5.91. The maximum atomic E-state index is 12.3. The number of piperidine rings is 1. The summed E-state index contributed by atoms with van der Waals surface area (Å²) in [7, 11) is 3.79. The van der Waals surface area contributed by atoms with E-state index in [2.05, 4.69) is 44.5 Å². The number of nitrogens with one attached hydrogen (secondary N) is 1. The van der Waals surface area contributed by atoms with Crippen LogP contribution in [0.4, 0.5) is 5.95 Å². The van der Waals surface area contributed by atoms with Crippen LogP contribution in [0.15, 0.2) is 48.8 Å². The number of anilines is 1. The molecule has 28 heavy (non-hydrogen) atoms. The number of carbonyl (C=O) groups excluding carboxylic acids is 1. The molecule has 1 aromatic carbocycles. The Balaban J connectivity index is 1.59. The quantitative estimate of drug-likeness (QED) is 0.750. The number of likely N-dealkylation sites (tertiary alicyclic amines) is 1. The van der Waals surface area contributed by atoms with Crippen LogP contribution in [0.5, 0.6) is 0 Å².